The van der Waals surface area contributed by atoms with Gasteiger partial charge in [0.15, 0.2) is 13.9 Å². The van der Waals surface area contributed by atoms with Crippen LogP contribution in [0, 0.1) is 0 Å². The molecule has 5 nitrogen and oxygen atoms in total. The predicted octanol–water partition coefficient (Wildman–Crippen LogP) is -0.949. The quantitative estimate of drug-likeness (QED) is 0.548. The van der Waals surface area contributed by atoms with Crippen LogP contribution in [-0.4, -0.2) is 26.8 Å². The third-order valence-corrected chi connectivity index (χ3v) is 3.55. The fourth-order valence-corrected chi connectivity index (χ4v) is 2.79. The van der Waals surface area contributed by atoms with E-state index < -0.39 is 24.0 Å². The van der Waals surface area contributed by atoms with Crippen LogP contribution in [0.1, 0.15) is 0 Å². The van der Waals surface area contributed by atoms with Crippen molar-refractivity contribution in [2.45, 2.75) is 0 Å². The summed E-state index contributed by atoms with van der Waals surface area (Å²) in [5.41, 5.74) is 0. The number of rotatable bonds is 2. The summed E-state index contributed by atoms with van der Waals surface area (Å²) in [7, 11) is -8.20. The van der Waals surface area contributed by atoms with Gasteiger partial charge in [-0.2, -0.15) is 8.42 Å². The minimum atomic E-state index is -4.41. The maximum absolute atomic E-state index is 10.0. The monoisotopic (exact) mass is 192 g/mol. The first-order valence-electron chi connectivity index (χ1n) is 1.61. The van der Waals surface area contributed by atoms with Gasteiger partial charge in [-0.1, -0.05) is 0 Å². The molecule has 0 aliphatic carbocycles. The van der Waals surface area contributed by atoms with Crippen LogP contribution in [-0.2, 0) is 30.1 Å². The summed E-state index contributed by atoms with van der Waals surface area (Å²) in [5, 5.41) is -1.28. The van der Waals surface area contributed by atoms with Crippen molar-refractivity contribution >= 4 is 30.1 Å². The molecule has 0 spiro atoms. The van der Waals surface area contributed by atoms with E-state index in [2.05, 4.69) is 11.2 Å². The molecule has 0 amide bonds. The van der Waals surface area contributed by atoms with Gasteiger partial charge in [0.2, 0.25) is 0 Å². The molecular weight excluding hydrogens is 188 g/mol. The van der Waals surface area contributed by atoms with Crippen molar-refractivity contribution < 1.29 is 21.7 Å². The normalized spacial score (nSPS) is 18.9. The minimum absolute atomic E-state index is 1.28. The minimum Gasteiger partial charge on any atom is -0.305 e. The molecule has 56 valence electrons. The molecule has 0 aromatic heterocycles. The second kappa shape index (κ2) is 2.46. The van der Waals surface area contributed by atoms with Crippen LogP contribution in [0.4, 0.5) is 0 Å². The summed E-state index contributed by atoms with van der Waals surface area (Å²) in [6.45, 7) is 0. The Kier molecular flexibility index (Phi) is 2.53. The summed E-state index contributed by atoms with van der Waals surface area (Å²) in [6, 6.07) is 0. The highest BCUT2D eigenvalue weighted by Gasteiger charge is 2.12. The molecule has 0 saturated heterocycles. The summed E-state index contributed by atoms with van der Waals surface area (Å²) >= 11 is 3.78. The highest BCUT2D eigenvalue weighted by atomic mass is 32.8. The Labute approximate surface area is 57.3 Å². The zero-order valence-electron chi connectivity index (χ0n) is 4.05. The van der Waals surface area contributed by atoms with Crippen LogP contribution in [0.3, 0.4) is 0 Å². The van der Waals surface area contributed by atoms with Crippen LogP contribution in [0.25, 0.3) is 0 Å². The molecule has 0 saturated carbocycles. The predicted molar refractivity (Wildman–Crippen MR) is 34.6 cm³/mol. The molecule has 0 bridgehead atoms. The van der Waals surface area contributed by atoms with E-state index in [0.717, 1.165) is 0 Å². The molecule has 0 aliphatic heterocycles. The molecular formula is CH4O5S3. The van der Waals surface area contributed by atoms with Crippen molar-refractivity contribution in [2.24, 2.45) is 0 Å². The second-order valence-corrected chi connectivity index (χ2v) is 6.11. The summed E-state index contributed by atoms with van der Waals surface area (Å²) in [6.07, 6.45) is 0. The smallest absolute Gasteiger partial charge is 0.279 e. The van der Waals surface area contributed by atoms with Crippen molar-refractivity contribution in [3.63, 3.8) is 0 Å². The Morgan fingerprint density at radius 2 is 1.56 bits per heavy atom. The zero-order valence-corrected chi connectivity index (χ0v) is 6.50. The van der Waals surface area contributed by atoms with Crippen molar-refractivity contribution in [3.05, 3.63) is 0 Å². The van der Waals surface area contributed by atoms with Crippen LogP contribution in [0.5, 0.6) is 0 Å². The molecule has 0 aromatic carbocycles. The standard InChI is InChI=1S/CH4O5S3/c2-8(3,4)1-9(5,6)7/h1H2,(H,2,3,4)(H,5,6,7). The first kappa shape index (κ1) is 9.24. The van der Waals surface area contributed by atoms with Gasteiger partial charge >= 0.3 is 0 Å². The highest BCUT2D eigenvalue weighted by molar-refractivity contribution is 8.33. The van der Waals surface area contributed by atoms with Gasteiger partial charge < -0.3 is 4.55 Å². The first-order valence-corrected chi connectivity index (χ1v) is 5.83. The number of hydrogen-bond acceptors (Lipinski definition) is 4. The first-order chi connectivity index (χ1) is 3.71. The van der Waals surface area contributed by atoms with Crippen LogP contribution >= 0.6 is 0 Å². The topological polar surface area (TPSA) is 91.7 Å². The molecule has 0 rings (SSSR count). The van der Waals surface area contributed by atoms with Gasteiger partial charge in [-0.3, -0.25) is 4.55 Å². The van der Waals surface area contributed by atoms with Crippen molar-refractivity contribution in [1.82, 2.24) is 0 Å². The lowest BCUT2D eigenvalue weighted by molar-refractivity contribution is 0.486. The molecule has 0 heterocycles. The molecule has 1 unspecified atom stereocenters. The maximum atomic E-state index is 10.0. The van der Waals surface area contributed by atoms with E-state index in [1.807, 2.05) is 0 Å². The Hall–Kier alpha value is 0.240. The lowest BCUT2D eigenvalue weighted by Crippen LogP contribution is -2.12. The average molecular weight is 192 g/mol. The fourth-order valence-electron chi connectivity index (χ4n) is 0.188. The average Bonchev–Trinajstić information content (AvgIpc) is 1.14. The van der Waals surface area contributed by atoms with E-state index in [-0.39, 0.29) is 0 Å². The molecule has 0 radical (unpaired) electrons. The van der Waals surface area contributed by atoms with E-state index in [9.17, 15) is 12.6 Å². The van der Waals surface area contributed by atoms with Crippen molar-refractivity contribution in [1.29, 1.82) is 0 Å². The molecule has 2 N–H and O–H groups in total. The lowest BCUT2D eigenvalue weighted by Gasteiger charge is -1.92. The van der Waals surface area contributed by atoms with Gasteiger partial charge in [-0.15, -0.1) is 0 Å². The van der Waals surface area contributed by atoms with E-state index >= 15 is 0 Å². The molecule has 1 atom stereocenters. The molecule has 0 aliphatic rings. The van der Waals surface area contributed by atoms with Crippen LogP contribution < -0.4 is 0 Å². The summed E-state index contributed by atoms with van der Waals surface area (Å²) in [5.74, 6) is 0. The van der Waals surface area contributed by atoms with E-state index in [4.69, 9.17) is 9.11 Å². The molecule has 9 heavy (non-hydrogen) atoms. The number of hydrogen-bond donors (Lipinski definition) is 2. The molecule has 0 fully saturated rings. The van der Waals surface area contributed by atoms with E-state index in [1.165, 1.54) is 0 Å². The summed E-state index contributed by atoms with van der Waals surface area (Å²) < 4.78 is 45.7. The molecule has 8 heteroatoms. The van der Waals surface area contributed by atoms with Gasteiger partial charge in [0.1, 0.15) is 0 Å². The maximum Gasteiger partial charge on any atom is 0.279 e. The largest absolute Gasteiger partial charge is 0.305 e. The zero-order chi connectivity index (χ0) is 7.71. The van der Waals surface area contributed by atoms with Crippen LogP contribution in [0.15, 0.2) is 0 Å². The van der Waals surface area contributed by atoms with Crippen molar-refractivity contribution in [2.75, 3.05) is 5.08 Å². The van der Waals surface area contributed by atoms with E-state index in [1.54, 1.807) is 0 Å². The van der Waals surface area contributed by atoms with Crippen molar-refractivity contribution in [3.8, 4) is 0 Å². The van der Waals surface area contributed by atoms with E-state index in [0.29, 0.717) is 0 Å². The van der Waals surface area contributed by atoms with Gasteiger partial charge in [0, 0.05) is 11.2 Å². The van der Waals surface area contributed by atoms with Gasteiger partial charge in [-0.25, -0.2) is 4.21 Å². The Bertz CT molecular complexity index is 237. The third kappa shape index (κ3) is 8.24. The fraction of sp³-hybridized carbons (Fsp3) is 1.00. The SMILES string of the molecule is O=S(=O)(O)CS(=O)(O)=S. The second-order valence-electron chi connectivity index (χ2n) is 1.28. The van der Waals surface area contributed by atoms with Gasteiger partial charge in [-0.05, 0) is 0 Å². The Balaban J connectivity index is 4.46. The van der Waals surface area contributed by atoms with Gasteiger partial charge in [0.25, 0.3) is 10.1 Å². The highest BCUT2D eigenvalue weighted by Crippen LogP contribution is 1.89. The van der Waals surface area contributed by atoms with Crippen LogP contribution in [0.2, 0.25) is 0 Å². The third-order valence-electron chi connectivity index (χ3n) is 0.298. The Morgan fingerprint density at radius 1 is 1.22 bits per heavy atom. The lowest BCUT2D eigenvalue weighted by atomic mass is 11.9. The Morgan fingerprint density at radius 3 is 1.56 bits per heavy atom. The molecule has 0 aromatic rings. The summed E-state index contributed by atoms with van der Waals surface area (Å²) in [4.78, 5) is 0. The van der Waals surface area contributed by atoms with Gasteiger partial charge in [0.05, 0.1) is 0 Å².